The Morgan fingerprint density at radius 1 is 0.979 bits per heavy atom. The van der Waals surface area contributed by atoms with Crippen molar-refractivity contribution in [2.45, 2.75) is 70.2 Å². The highest BCUT2D eigenvalue weighted by molar-refractivity contribution is 7.98. The van der Waals surface area contributed by atoms with Crippen LogP contribution in [0.15, 0.2) is 76.4 Å². The quantitative estimate of drug-likeness (QED) is 0.0820. The molecule has 0 aliphatic heterocycles. The topological polar surface area (TPSA) is 58.4 Å². The Balaban J connectivity index is 1.82. The van der Waals surface area contributed by atoms with E-state index in [0.29, 0.717) is 25.6 Å². The number of amides is 1. The first-order chi connectivity index (χ1) is 31.2. The maximum Gasteiger partial charge on any atom is 0.416 e. The van der Waals surface area contributed by atoms with Gasteiger partial charge in [0.25, 0.3) is 5.56 Å². The Kier molecular flexibility index (Phi) is 5.53. The van der Waals surface area contributed by atoms with Crippen LogP contribution in [0.3, 0.4) is 0 Å². The zero-order chi connectivity index (χ0) is 53.0. The first-order valence-corrected chi connectivity index (χ1v) is 15.1. The lowest BCUT2D eigenvalue weighted by Crippen LogP contribution is -2.40. The Bertz CT molecular complexity index is 2750. The average Bonchev–Trinajstić information content (AvgIpc) is 3.69. The van der Waals surface area contributed by atoms with Gasteiger partial charge in [-0.2, -0.15) is 18.2 Å². The fraction of sp³-hybridized carbons (Fsp3) is 0.378. The summed E-state index contributed by atoms with van der Waals surface area (Å²) >= 11 is 0.496. The summed E-state index contributed by atoms with van der Waals surface area (Å²) in [6.07, 6.45) is -4.97. The number of likely N-dealkylation sites (N-methyl/N-ethyl adjacent to an activating group) is 1. The Morgan fingerprint density at radius 2 is 1.65 bits per heavy atom. The lowest BCUT2D eigenvalue weighted by atomic mass is 9.98. The van der Waals surface area contributed by atoms with Crippen molar-refractivity contribution in [3.05, 3.63) is 116 Å². The van der Waals surface area contributed by atoms with E-state index in [2.05, 4.69) is 4.98 Å². The molecule has 0 spiro atoms. The minimum absolute atomic E-state index is 0.00246. The van der Waals surface area contributed by atoms with Gasteiger partial charge >= 0.3 is 6.18 Å². The molecule has 0 fully saturated rings. The molecule has 1 heterocycles. The number of hydrogen-bond acceptors (Lipinski definition) is 5. The van der Waals surface area contributed by atoms with Crippen molar-refractivity contribution in [1.82, 2.24) is 19.4 Å². The zero-order valence-corrected chi connectivity index (χ0v) is 26.4. The van der Waals surface area contributed by atoms with E-state index in [9.17, 15) is 27.8 Å². The van der Waals surface area contributed by atoms with Crippen molar-refractivity contribution < 1.29 is 51.1 Å². The lowest BCUT2D eigenvalue weighted by molar-refractivity contribution is -0.138. The first-order valence-electron chi connectivity index (χ1n) is 24.6. The van der Waals surface area contributed by atoms with Crippen LogP contribution in [-0.4, -0.2) is 51.2 Å². The summed E-state index contributed by atoms with van der Waals surface area (Å²) in [5.41, 5.74) is -7.59. The molecule has 0 saturated carbocycles. The zero-order valence-electron chi connectivity index (χ0n) is 46.6. The number of thioether (sulfide) groups is 1. The summed E-state index contributed by atoms with van der Waals surface area (Å²) in [4.78, 5) is 31.4. The van der Waals surface area contributed by atoms with Gasteiger partial charge in [-0.3, -0.25) is 9.59 Å². The molecule has 1 aliphatic carbocycles. The lowest BCUT2D eigenvalue weighted by Gasteiger charge is -2.28. The van der Waals surface area contributed by atoms with Crippen LogP contribution in [0.1, 0.15) is 82.6 Å². The maximum absolute atomic E-state index is 15.1. The number of benzene rings is 3. The molecule has 1 amide bonds. The molecule has 4 aromatic rings. The highest BCUT2D eigenvalue weighted by Crippen LogP contribution is 2.34. The van der Waals surface area contributed by atoms with Gasteiger partial charge in [0, 0.05) is 44.7 Å². The maximum atomic E-state index is 15.1. The summed E-state index contributed by atoms with van der Waals surface area (Å²) in [5.74, 6) is -3.94. The minimum atomic E-state index is -5.27. The van der Waals surface area contributed by atoms with Crippen molar-refractivity contribution >= 4 is 17.7 Å². The van der Waals surface area contributed by atoms with Crippen molar-refractivity contribution in [2.75, 3.05) is 26.0 Å². The number of aromatic nitrogens is 2. The van der Waals surface area contributed by atoms with Crippen LogP contribution in [0, 0.1) is 12.7 Å². The molecule has 0 saturated heterocycles. The number of alkyl halides is 3. The number of carbonyl (C=O) groups excluding carboxylic acids is 1. The standard InChI is InChI=1S/C37H40F4N4O2S/c1-4-43(5-2)19-20-44(22-26-9-13-28(14-10-26)29-15-18-32(25(3)21-29)37(39,40)41)34(46)23-45-33-8-6-7-31(33)35(47)42-36(45)48-24-27-11-16-30(38)17-12-27/h9-18,21H,4-8,19-20,22-24H2,1-3H3/i4D2,5D2,9D,10D,11D,12D,13D,14D,15D,16D,17D,18D,19D2,20D2,21D,22D2. The van der Waals surface area contributed by atoms with E-state index in [1.807, 2.05) is 0 Å². The molecule has 254 valence electrons. The molecule has 11 heteroatoms. The Labute approximate surface area is 312 Å². The van der Waals surface area contributed by atoms with Crippen LogP contribution in [0.2, 0.25) is 0 Å². The predicted octanol–water partition coefficient (Wildman–Crippen LogP) is 7.53. The summed E-state index contributed by atoms with van der Waals surface area (Å²) in [6, 6.07) is -13.6. The van der Waals surface area contributed by atoms with Gasteiger partial charge in [0.05, 0.1) is 26.1 Å². The van der Waals surface area contributed by atoms with Gasteiger partial charge in [-0.25, -0.2) is 4.39 Å². The smallest absolute Gasteiger partial charge is 0.336 e. The van der Waals surface area contributed by atoms with Gasteiger partial charge in [0.15, 0.2) is 5.16 Å². The molecule has 0 unspecified atom stereocenters. The fourth-order valence-corrected chi connectivity index (χ4v) is 5.48. The third kappa shape index (κ3) is 8.54. The molecule has 48 heavy (non-hydrogen) atoms. The second kappa shape index (κ2) is 15.5. The van der Waals surface area contributed by atoms with Crippen LogP contribution < -0.4 is 5.56 Å². The van der Waals surface area contributed by atoms with Crippen LogP contribution in [0.4, 0.5) is 17.6 Å². The Morgan fingerprint density at radius 3 is 2.31 bits per heavy atom. The number of hydrogen-bond donors (Lipinski definition) is 0. The molecule has 0 N–H and O–H groups in total. The van der Waals surface area contributed by atoms with E-state index in [4.69, 9.17) is 23.3 Å². The number of carbonyl (C=O) groups is 1. The molecule has 1 aliphatic rings. The van der Waals surface area contributed by atoms with Crippen molar-refractivity contribution in [3.63, 3.8) is 0 Å². The second-order valence-electron chi connectivity index (χ2n) is 9.99. The van der Waals surface area contributed by atoms with E-state index >= 15 is 4.79 Å². The monoisotopic (exact) mass is 701 g/mol. The number of fused-ring (bicyclic) bond motifs is 1. The highest BCUT2D eigenvalue weighted by atomic mass is 32.2. The molecular weight excluding hydrogens is 640 g/mol. The normalized spacial score (nSPS) is 20.6. The summed E-state index contributed by atoms with van der Waals surface area (Å²) in [5, 5.41) is -0.470. The highest BCUT2D eigenvalue weighted by Gasteiger charge is 2.32. The van der Waals surface area contributed by atoms with Crippen molar-refractivity contribution in [2.24, 2.45) is 0 Å². The third-order valence-electron chi connectivity index (χ3n) is 6.84. The number of rotatable bonds is 13. The van der Waals surface area contributed by atoms with E-state index in [1.165, 1.54) is 0 Å². The van der Waals surface area contributed by atoms with Gasteiger partial charge in [-0.05, 0) is 85.1 Å². The van der Waals surface area contributed by atoms with Gasteiger partial charge in [0.2, 0.25) is 5.91 Å². The number of nitrogens with zero attached hydrogens (tertiary/aromatic N) is 4. The summed E-state index contributed by atoms with van der Waals surface area (Å²) in [7, 11) is 0. The fourth-order valence-electron chi connectivity index (χ4n) is 4.59. The van der Waals surface area contributed by atoms with Crippen LogP contribution in [-0.2, 0) is 42.6 Å². The van der Waals surface area contributed by atoms with E-state index in [1.54, 1.807) is 0 Å². The molecule has 6 nitrogen and oxygen atoms in total. The SMILES string of the molecule is [2H]c1c([2H])c(CSc2nc(=O)c3c(n2CC(=O)N(C([2H])([2H])c2c([2H])c([2H])c(-c4c([2H])c([2H])c(C(F)(F)F)c(C)c4[2H])c([2H])c2[2H])C([2H])([2H])C([2H])([2H])N(C([2H])([2H])C)C([2H])([2H])C)CCC3)c([2H])c([2H])c1F. The molecule has 5 rings (SSSR count). The molecule has 1 aromatic heterocycles. The van der Waals surface area contributed by atoms with Gasteiger partial charge in [0.1, 0.15) is 12.4 Å². The second-order valence-corrected chi connectivity index (χ2v) is 10.9. The Hall–Kier alpha value is -3.96. The molecular formula is C37H40F4N4O2S. The van der Waals surface area contributed by atoms with Crippen LogP contribution >= 0.6 is 11.8 Å². The van der Waals surface area contributed by atoms with Crippen molar-refractivity contribution in [1.29, 1.82) is 0 Å². The van der Waals surface area contributed by atoms with Crippen LogP contribution in [0.25, 0.3) is 11.1 Å². The van der Waals surface area contributed by atoms with Crippen LogP contribution in [0.5, 0.6) is 0 Å². The third-order valence-corrected chi connectivity index (χ3v) is 7.84. The molecule has 0 atom stereocenters. The summed E-state index contributed by atoms with van der Waals surface area (Å²) in [6.45, 7) is -18.5. The average molecular weight is 702 g/mol. The molecule has 0 radical (unpaired) electrons. The first kappa shape index (κ1) is 17.1. The molecule has 3 aromatic carbocycles. The number of halogens is 4. The molecule has 0 bridgehead atoms. The van der Waals surface area contributed by atoms with E-state index < -0.39 is 178 Å². The largest absolute Gasteiger partial charge is 0.416 e. The van der Waals surface area contributed by atoms with Gasteiger partial charge in [-0.15, -0.1) is 0 Å². The van der Waals surface area contributed by atoms with E-state index in [-0.39, 0.29) is 35.4 Å². The minimum Gasteiger partial charge on any atom is -0.336 e. The van der Waals surface area contributed by atoms with Crippen molar-refractivity contribution in [3.8, 4) is 11.1 Å². The van der Waals surface area contributed by atoms with Gasteiger partial charge in [-0.1, -0.05) is 73.9 Å². The predicted molar refractivity (Wildman–Crippen MR) is 181 cm³/mol. The van der Waals surface area contributed by atoms with Gasteiger partial charge < -0.3 is 14.4 Å². The van der Waals surface area contributed by atoms with E-state index in [0.717, 1.165) is 11.5 Å². The summed E-state index contributed by atoms with van der Waals surface area (Å²) < 4.78 is 238.